The van der Waals surface area contributed by atoms with Gasteiger partial charge in [-0.25, -0.2) is 4.79 Å². The number of piperidine rings is 1. The molecule has 0 bridgehead atoms. The number of imide groups is 1. The van der Waals surface area contributed by atoms with Gasteiger partial charge >= 0.3 is 6.03 Å². The summed E-state index contributed by atoms with van der Waals surface area (Å²) in [7, 11) is 0. The van der Waals surface area contributed by atoms with Gasteiger partial charge in [0.05, 0.1) is 12.2 Å². The Morgan fingerprint density at radius 3 is 2.17 bits per heavy atom. The molecule has 2 fully saturated rings. The fraction of sp³-hybridized carbons (Fsp3) is 0.345. The molecule has 35 heavy (non-hydrogen) atoms. The average Bonchev–Trinajstić information content (AvgIpc) is 3.08. The smallest absolute Gasteiger partial charge is 0.305 e. The van der Waals surface area contributed by atoms with Crippen LogP contribution in [0.5, 0.6) is 0 Å². The first-order valence-electron chi connectivity index (χ1n) is 12.4. The van der Waals surface area contributed by atoms with Gasteiger partial charge in [-0.05, 0) is 42.0 Å². The number of benzene rings is 2. The van der Waals surface area contributed by atoms with Gasteiger partial charge in [0.2, 0.25) is 0 Å². The molecule has 180 valence electrons. The Hall–Kier alpha value is -3.51. The molecule has 3 heterocycles. The largest absolute Gasteiger partial charge is 0.328 e. The van der Waals surface area contributed by atoms with Crippen molar-refractivity contribution in [3.63, 3.8) is 0 Å². The summed E-state index contributed by atoms with van der Waals surface area (Å²) in [6.45, 7) is 5.42. The summed E-state index contributed by atoms with van der Waals surface area (Å²) in [6, 6.07) is 25.9. The van der Waals surface area contributed by atoms with Crippen molar-refractivity contribution in [3.8, 4) is 0 Å². The third-order valence-corrected chi connectivity index (χ3v) is 7.44. The van der Waals surface area contributed by atoms with E-state index in [2.05, 4.69) is 41.1 Å². The zero-order chi connectivity index (χ0) is 24.3. The molecule has 2 aromatic carbocycles. The lowest BCUT2D eigenvalue weighted by atomic mass is 9.85. The Labute approximate surface area is 207 Å². The Morgan fingerprint density at radius 2 is 1.51 bits per heavy atom. The van der Waals surface area contributed by atoms with Crippen molar-refractivity contribution in [1.82, 2.24) is 19.7 Å². The second-order valence-electron chi connectivity index (χ2n) is 9.71. The zero-order valence-corrected chi connectivity index (χ0v) is 20.2. The number of urea groups is 1. The molecule has 0 saturated carbocycles. The lowest BCUT2D eigenvalue weighted by molar-refractivity contribution is -0.136. The van der Waals surface area contributed by atoms with E-state index < -0.39 is 5.54 Å². The average molecular weight is 469 g/mol. The molecular formula is C29H32N4O2. The van der Waals surface area contributed by atoms with Gasteiger partial charge in [0.25, 0.3) is 5.91 Å². The first kappa shape index (κ1) is 23.2. The Bertz CT molecular complexity index is 1150. The van der Waals surface area contributed by atoms with Crippen molar-refractivity contribution in [1.29, 1.82) is 0 Å². The molecule has 1 aromatic heterocycles. The molecule has 0 radical (unpaired) electrons. The second-order valence-corrected chi connectivity index (χ2v) is 9.71. The molecule has 1 atom stereocenters. The SMILES string of the molecule is CC(CN1CCC2(CC1)C(=O)N(Cc1ccccn1)C(=O)N2Cc1ccccc1)c1ccccc1. The minimum Gasteiger partial charge on any atom is -0.305 e. The van der Waals surface area contributed by atoms with Gasteiger partial charge in [-0.15, -0.1) is 0 Å². The summed E-state index contributed by atoms with van der Waals surface area (Å²) >= 11 is 0. The van der Waals surface area contributed by atoms with Crippen LogP contribution in [0.15, 0.2) is 85.1 Å². The third kappa shape index (κ3) is 4.71. The van der Waals surface area contributed by atoms with Gasteiger partial charge in [-0.2, -0.15) is 0 Å². The van der Waals surface area contributed by atoms with E-state index in [4.69, 9.17) is 0 Å². The molecule has 3 amide bonds. The molecule has 0 N–H and O–H groups in total. The van der Waals surface area contributed by atoms with E-state index in [1.54, 1.807) is 6.20 Å². The predicted octanol–water partition coefficient (Wildman–Crippen LogP) is 4.68. The normalized spacial score (nSPS) is 18.9. The highest BCUT2D eigenvalue weighted by molar-refractivity contribution is 6.07. The highest BCUT2D eigenvalue weighted by Crippen LogP contribution is 2.39. The Morgan fingerprint density at radius 1 is 0.857 bits per heavy atom. The van der Waals surface area contributed by atoms with E-state index in [1.807, 2.05) is 59.5 Å². The van der Waals surface area contributed by atoms with Gasteiger partial charge in [0, 0.05) is 32.4 Å². The van der Waals surface area contributed by atoms with Crippen molar-refractivity contribution < 1.29 is 9.59 Å². The van der Waals surface area contributed by atoms with Crippen LogP contribution >= 0.6 is 0 Å². The first-order valence-corrected chi connectivity index (χ1v) is 12.4. The number of likely N-dealkylation sites (tertiary alicyclic amines) is 1. The number of amides is 3. The number of pyridine rings is 1. The minimum absolute atomic E-state index is 0.0835. The van der Waals surface area contributed by atoms with Crippen LogP contribution in [0.1, 0.15) is 42.5 Å². The van der Waals surface area contributed by atoms with E-state index in [9.17, 15) is 9.59 Å². The molecule has 2 saturated heterocycles. The van der Waals surface area contributed by atoms with Crippen molar-refractivity contribution in [2.75, 3.05) is 19.6 Å². The van der Waals surface area contributed by atoms with Gasteiger partial charge in [0.1, 0.15) is 5.54 Å². The number of aromatic nitrogens is 1. The summed E-state index contributed by atoms with van der Waals surface area (Å²) in [6.07, 6.45) is 2.99. The minimum atomic E-state index is -0.797. The van der Waals surface area contributed by atoms with Crippen molar-refractivity contribution in [2.24, 2.45) is 0 Å². The van der Waals surface area contributed by atoms with Crippen molar-refractivity contribution >= 4 is 11.9 Å². The van der Waals surface area contributed by atoms with Crippen LogP contribution in [-0.2, 0) is 17.9 Å². The predicted molar refractivity (Wildman–Crippen MR) is 135 cm³/mol. The number of nitrogens with zero attached hydrogens (tertiary/aromatic N) is 4. The van der Waals surface area contributed by atoms with Gasteiger partial charge < -0.3 is 9.80 Å². The molecule has 6 heteroatoms. The highest BCUT2D eigenvalue weighted by atomic mass is 16.2. The quantitative estimate of drug-likeness (QED) is 0.473. The molecular weight excluding hydrogens is 436 g/mol. The standard InChI is InChI=1S/C29H32N4O2/c1-23(25-12-6-3-7-13-25)20-31-18-15-29(16-19-31)27(34)32(22-26-14-8-9-17-30-26)28(35)33(29)21-24-10-4-2-5-11-24/h2-14,17,23H,15-16,18-22H2,1H3. The van der Waals surface area contributed by atoms with Gasteiger partial charge in [0.15, 0.2) is 0 Å². The summed E-state index contributed by atoms with van der Waals surface area (Å²) in [5.41, 5.74) is 2.29. The van der Waals surface area contributed by atoms with Crippen LogP contribution in [0.4, 0.5) is 4.79 Å². The van der Waals surface area contributed by atoms with Gasteiger partial charge in [-0.3, -0.25) is 14.7 Å². The van der Waals surface area contributed by atoms with E-state index in [1.165, 1.54) is 10.5 Å². The molecule has 5 rings (SSSR count). The van der Waals surface area contributed by atoms with Crippen LogP contribution < -0.4 is 0 Å². The van der Waals surface area contributed by atoms with E-state index in [0.717, 1.165) is 30.9 Å². The number of hydrogen-bond acceptors (Lipinski definition) is 4. The summed E-state index contributed by atoms with van der Waals surface area (Å²) in [4.78, 5) is 37.5. The summed E-state index contributed by atoms with van der Waals surface area (Å²) in [5.74, 6) is 0.326. The topological polar surface area (TPSA) is 56.8 Å². The molecule has 0 aliphatic carbocycles. The molecule has 1 unspecified atom stereocenters. The summed E-state index contributed by atoms with van der Waals surface area (Å²) < 4.78 is 0. The molecule has 2 aliphatic heterocycles. The molecule has 2 aliphatic rings. The third-order valence-electron chi connectivity index (χ3n) is 7.44. The van der Waals surface area contributed by atoms with E-state index >= 15 is 0 Å². The van der Waals surface area contributed by atoms with E-state index in [-0.39, 0.29) is 18.5 Å². The van der Waals surface area contributed by atoms with Crippen LogP contribution in [0.25, 0.3) is 0 Å². The van der Waals surface area contributed by atoms with Crippen LogP contribution in [0.2, 0.25) is 0 Å². The number of carbonyl (C=O) groups is 2. The highest BCUT2D eigenvalue weighted by Gasteiger charge is 2.57. The number of hydrogen-bond donors (Lipinski definition) is 0. The maximum Gasteiger partial charge on any atom is 0.328 e. The Balaban J connectivity index is 1.35. The maximum absolute atomic E-state index is 13.9. The molecule has 3 aromatic rings. The van der Waals surface area contributed by atoms with Crippen molar-refractivity contribution in [2.45, 2.75) is 44.3 Å². The van der Waals surface area contributed by atoms with E-state index in [0.29, 0.717) is 25.3 Å². The van der Waals surface area contributed by atoms with Crippen LogP contribution in [0, 0.1) is 0 Å². The maximum atomic E-state index is 13.9. The van der Waals surface area contributed by atoms with Crippen LogP contribution in [-0.4, -0.2) is 56.8 Å². The monoisotopic (exact) mass is 468 g/mol. The lowest BCUT2D eigenvalue weighted by Crippen LogP contribution is -2.56. The lowest BCUT2D eigenvalue weighted by Gasteiger charge is -2.43. The van der Waals surface area contributed by atoms with Crippen molar-refractivity contribution in [3.05, 3.63) is 102 Å². The summed E-state index contributed by atoms with van der Waals surface area (Å²) in [5, 5.41) is 0. The molecule has 6 nitrogen and oxygen atoms in total. The fourth-order valence-corrected chi connectivity index (χ4v) is 5.42. The number of carbonyl (C=O) groups excluding carboxylic acids is 2. The van der Waals surface area contributed by atoms with Crippen LogP contribution in [0.3, 0.4) is 0 Å². The zero-order valence-electron chi connectivity index (χ0n) is 20.2. The molecule has 1 spiro atoms. The fourth-order valence-electron chi connectivity index (χ4n) is 5.42. The first-order chi connectivity index (χ1) is 17.1. The second kappa shape index (κ2) is 10.0. The van der Waals surface area contributed by atoms with Gasteiger partial charge in [-0.1, -0.05) is 73.7 Å². The number of rotatable bonds is 7. The Kier molecular flexibility index (Phi) is 6.64.